The van der Waals surface area contributed by atoms with Gasteiger partial charge in [0.05, 0.1) is 10.7 Å². The topological polar surface area (TPSA) is 19.4 Å². The first-order valence-corrected chi connectivity index (χ1v) is 7.82. The van der Waals surface area contributed by atoms with Gasteiger partial charge in [0.25, 0.3) is 0 Å². The standard InChI is InChI=1S/C13H18ClN3S/c1-2-18-16-8-12-5-13(9-16)17(12)7-11-4-3-10(14)6-15-11/h3-4,6,12-13H,2,5,7-9H2,1H3. The minimum Gasteiger partial charge on any atom is -0.289 e. The van der Waals surface area contributed by atoms with Crippen LogP contribution in [0.15, 0.2) is 18.3 Å². The van der Waals surface area contributed by atoms with E-state index in [4.69, 9.17) is 11.6 Å². The van der Waals surface area contributed by atoms with E-state index in [0.29, 0.717) is 5.02 Å². The van der Waals surface area contributed by atoms with Crippen LogP contribution in [0.25, 0.3) is 0 Å². The van der Waals surface area contributed by atoms with Crippen LogP contribution in [0.1, 0.15) is 19.0 Å². The fourth-order valence-corrected chi connectivity index (χ4v) is 3.91. The average Bonchev–Trinajstić information content (AvgIpc) is 2.38. The van der Waals surface area contributed by atoms with Crippen molar-refractivity contribution in [2.24, 2.45) is 0 Å². The van der Waals surface area contributed by atoms with E-state index < -0.39 is 0 Å². The molecule has 4 rings (SSSR count). The lowest BCUT2D eigenvalue weighted by Crippen LogP contribution is -2.66. The lowest BCUT2D eigenvalue weighted by atomic mass is 9.88. The van der Waals surface area contributed by atoms with Crippen molar-refractivity contribution in [2.45, 2.75) is 32.0 Å². The van der Waals surface area contributed by atoms with Crippen LogP contribution < -0.4 is 0 Å². The smallest absolute Gasteiger partial charge is 0.0589 e. The number of piperidine rings is 1. The summed E-state index contributed by atoms with van der Waals surface area (Å²) in [6.45, 7) is 5.59. The van der Waals surface area contributed by atoms with E-state index in [1.165, 1.54) is 25.3 Å². The molecule has 2 bridgehead atoms. The summed E-state index contributed by atoms with van der Waals surface area (Å²) in [5.74, 6) is 1.18. The van der Waals surface area contributed by atoms with Crippen molar-refractivity contribution < 1.29 is 0 Å². The van der Waals surface area contributed by atoms with Crippen LogP contribution in [0.5, 0.6) is 0 Å². The van der Waals surface area contributed by atoms with Crippen molar-refractivity contribution >= 4 is 23.5 Å². The van der Waals surface area contributed by atoms with E-state index >= 15 is 0 Å². The maximum atomic E-state index is 5.86. The van der Waals surface area contributed by atoms with Crippen molar-refractivity contribution in [1.29, 1.82) is 0 Å². The molecule has 3 aliphatic heterocycles. The summed E-state index contributed by atoms with van der Waals surface area (Å²) in [6.07, 6.45) is 3.10. The molecular formula is C13H18ClN3S. The molecule has 0 N–H and O–H groups in total. The molecule has 3 fully saturated rings. The molecule has 98 valence electrons. The molecule has 2 atom stereocenters. The zero-order valence-electron chi connectivity index (χ0n) is 10.6. The van der Waals surface area contributed by atoms with E-state index in [9.17, 15) is 0 Å². The van der Waals surface area contributed by atoms with Gasteiger partial charge >= 0.3 is 0 Å². The Balaban J connectivity index is 1.58. The molecule has 18 heavy (non-hydrogen) atoms. The van der Waals surface area contributed by atoms with Gasteiger partial charge in [0.15, 0.2) is 0 Å². The first-order valence-electron chi connectivity index (χ1n) is 6.50. The van der Waals surface area contributed by atoms with Crippen LogP contribution in [-0.4, -0.2) is 45.1 Å². The van der Waals surface area contributed by atoms with E-state index in [2.05, 4.69) is 21.1 Å². The second kappa shape index (κ2) is 5.37. The number of hydrogen-bond donors (Lipinski definition) is 0. The Morgan fingerprint density at radius 1 is 1.39 bits per heavy atom. The lowest BCUT2D eigenvalue weighted by molar-refractivity contribution is -0.0478. The van der Waals surface area contributed by atoms with Gasteiger partial charge < -0.3 is 0 Å². The Morgan fingerprint density at radius 2 is 2.17 bits per heavy atom. The van der Waals surface area contributed by atoms with Crippen molar-refractivity contribution in [3.8, 4) is 0 Å². The van der Waals surface area contributed by atoms with Gasteiger partial charge in [-0.15, -0.1) is 0 Å². The van der Waals surface area contributed by atoms with Crippen molar-refractivity contribution in [3.05, 3.63) is 29.0 Å². The van der Waals surface area contributed by atoms with Gasteiger partial charge in [-0.25, -0.2) is 4.31 Å². The van der Waals surface area contributed by atoms with Crippen molar-refractivity contribution in [1.82, 2.24) is 14.2 Å². The number of halogens is 1. The number of hydrogen-bond acceptors (Lipinski definition) is 4. The van der Waals surface area contributed by atoms with Gasteiger partial charge in [-0.3, -0.25) is 9.88 Å². The molecular weight excluding hydrogens is 266 g/mol. The summed E-state index contributed by atoms with van der Waals surface area (Å²) in [7, 11) is 0. The van der Waals surface area contributed by atoms with E-state index in [1.807, 2.05) is 24.1 Å². The van der Waals surface area contributed by atoms with E-state index in [0.717, 1.165) is 24.3 Å². The molecule has 0 saturated carbocycles. The predicted molar refractivity (Wildman–Crippen MR) is 76.7 cm³/mol. The van der Waals surface area contributed by atoms with Gasteiger partial charge in [-0.05, 0) is 18.6 Å². The molecule has 0 spiro atoms. The summed E-state index contributed by atoms with van der Waals surface area (Å²) in [5.41, 5.74) is 1.13. The van der Waals surface area contributed by atoms with Crippen LogP contribution >= 0.6 is 23.5 Å². The molecule has 0 aromatic carbocycles. The molecule has 3 aliphatic rings. The highest BCUT2D eigenvalue weighted by atomic mass is 35.5. The van der Waals surface area contributed by atoms with Gasteiger partial charge in [0.1, 0.15) is 0 Å². The normalized spacial score (nSPS) is 28.1. The highest BCUT2D eigenvalue weighted by Crippen LogP contribution is 2.35. The third-order valence-corrected chi connectivity index (χ3v) is 4.90. The second-order valence-corrected chi connectivity index (χ2v) is 6.74. The number of rotatable bonds is 4. The fourth-order valence-electron chi connectivity index (χ4n) is 2.88. The number of piperazine rings is 1. The molecule has 1 aromatic heterocycles. The molecule has 1 aromatic rings. The predicted octanol–water partition coefficient (Wildman–Crippen LogP) is 2.66. The van der Waals surface area contributed by atoms with Crippen LogP contribution in [0, 0.1) is 0 Å². The second-order valence-electron chi connectivity index (χ2n) is 4.95. The monoisotopic (exact) mass is 283 g/mol. The number of aromatic nitrogens is 1. The first-order chi connectivity index (χ1) is 8.76. The quantitative estimate of drug-likeness (QED) is 0.791. The molecule has 3 saturated heterocycles. The van der Waals surface area contributed by atoms with Crippen molar-refractivity contribution in [2.75, 3.05) is 18.8 Å². The third kappa shape index (κ3) is 2.52. The molecule has 5 heteroatoms. The summed E-state index contributed by atoms with van der Waals surface area (Å²) in [4.78, 5) is 6.98. The van der Waals surface area contributed by atoms with Gasteiger partial charge in [-0.1, -0.05) is 30.5 Å². The molecule has 4 heterocycles. The number of pyridine rings is 1. The van der Waals surface area contributed by atoms with E-state index in [-0.39, 0.29) is 0 Å². The minimum atomic E-state index is 0.716. The first kappa shape index (κ1) is 12.7. The van der Waals surface area contributed by atoms with E-state index in [1.54, 1.807) is 6.20 Å². The van der Waals surface area contributed by atoms with Crippen molar-refractivity contribution in [3.63, 3.8) is 0 Å². The molecule has 0 radical (unpaired) electrons. The maximum absolute atomic E-state index is 5.86. The molecule has 2 unspecified atom stereocenters. The zero-order chi connectivity index (χ0) is 12.5. The molecule has 0 aliphatic carbocycles. The Hall–Kier alpha value is -0.290. The zero-order valence-corrected chi connectivity index (χ0v) is 12.1. The maximum Gasteiger partial charge on any atom is 0.0589 e. The van der Waals surface area contributed by atoms with Gasteiger partial charge in [-0.2, -0.15) is 0 Å². The Morgan fingerprint density at radius 3 is 2.78 bits per heavy atom. The summed E-state index contributed by atoms with van der Waals surface area (Å²) < 4.78 is 2.52. The SMILES string of the molecule is CCSN1CC2CC(C1)N2Cc1ccc(Cl)cn1. The fraction of sp³-hybridized carbons (Fsp3) is 0.615. The highest BCUT2D eigenvalue weighted by molar-refractivity contribution is 7.96. The summed E-state index contributed by atoms with van der Waals surface area (Å²) in [6, 6.07) is 5.41. The summed E-state index contributed by atoms with van der Waals surface area (Å²) in [5, 5.41) is 0.716. The molecule has 3 nitrogen and oxygen atoms in total. The lowest BCUT2D eigenvalue weighted by Gasteiger charge is -2.56. The number of fused-ring (bicyclic) bond motifs is 2. The summed E-state index contributed by atoms with van der Waals surface area (Å²) >= 11 is 7.83. The minimum absolute atomic E-state index is 0.716. The van der Waals surface area contributed by atoms with Crippen LogP contribution in [0.4, 0.5) is 0 Å². The van der Waals surface area contributed by atoms with Gasteiger partial charge in [0, 0.05) is 43.7 Å². The average molecular weight is 284 g/mol. The Kier molecular flexibility index (Phi) is 3.80. The highest BCUT2D eigenvalue weighted by Gasteiger charge is 2.44. The largest absolute Gasteiger partial charge is 0.289 e. The van der Waals surface area contributed by atoms with Crippen LogP contribution in [0.3, 0.4) is 0 Å². The van der Waals surface area contributed by atoms with Gasteiger partial charge in [0.2, 0.25) is 0 Å². The Labute approximate surface area is 118 Å². The number of nitrogens with zero attached hydrogens (tertiary/aromatic N) is 3. The van der Waals surface area contributed by atoms with Crippen LogP contribution in [0.2, 0.25) is 5.02 Å². The molecule has 0 amide bonds. The van der Waals surface area contributed by atoms with Crippen LogP contribution in [-0.2, 0) is 6.54 Å². The Bertz CT molecular complexity index is 399. The third-order valence-electron chi connectivity index (χ3n) is 3.76.